The van der Waals surface area contributed by atoms with E-state index >= 15 is 0 Å². The highest BCUT2D eigenvalue weighted by molar-refractivity contribution is 7.98. The fourth-order valence-electron chi connectivity index (χ4n) is 2.59. The van der Waals surface area contributed by atoms with Crippen LogP contribution in [0.2, 0.25) is 0 Å². The highest BCUT2D eigenvalue weighted by Gasteiger charge is 2.40. The number of rotatable bonds is 7. The number of amides is 1. The van der Waals surface area contributed by atoms with E-state index in [0.717, 1.165) is 13.0 Å². The number of thiophene rings is 1. The van der Waals surface area contributed by atoms with Gasteiger partial charge < -0.3 is 4.90 Å². The molecule has 0 aliphatic carbocycles. The van der Waals surface area contributed by atoms with Crippen molar-refractivity contribution in [3.05, 3.63) is 22.4 Å². The van der Waals surface area contributed by atoms with E-state index in [2.05, 4.69) is 42.2 Å². The molecular weight excluding hydrogens is 288 g/mol. The molecule has 1 aliphatic rings. The normalized spacial score (nSPS) is 23.0. The quantitative estimate of drug-likeness (QED) is 0.784. The fraction of sp³-hybridized carbons (Fsp3) is 0.667. The molecule has 1 amide bonds. The van der Waals surface area contributed by atoms with Crippen LogP contribution >= 0.6 is 23.1 Å². The molecule has 5 heteroatoms. The molecule has 20 heavy (non-hydrogen) atoms. The van der Waals surface area contributed by atoms with Gasteiger partial charge in [0, 0.05) is 6.54 Å². The molecule has 1 aliphatic heterocycles. The zero-order chi connectivity index (χ0) is 14.5. The Labute approximate surface area is 130 Å². The smallest absolute Gasteiger partial charge is 0.241 e. The Morgan fingerprint density at radius 3 is 2.85 bits per heavy atom. The van der Waals surface area contributed by atoms with Crippen LogP contribution in [0.3, 0.4) is 0 Å². The predicted octanol–water partition coefficient (Wildman–Crippen LogP) is 3.35. The van der Waals surface area contributed by atoms with Crippen LogP contribution in [0.1, 0.15) is 38.4 Å². The van der Waals surface area contributed by atoms with Gasteiger partial charge in [-0.05, 0) is 53.2 Å². The first-order chi connectivity index (χ1) is 9.65. The maximum Gasteiger partial charge on any atom is 0.241 e. The summed E-state index contributed by atoms with van der Waals surface area (Å²) in [5.74, 6) is 1.77. The second kappa shape index (κ2) is 7.48. The molecule has 0 saturated carbocycles. The first kappa shape index (κ1) is 15.9. The lowest BCUT2D eigenvalue weighted by Gasteiger charge is -2.23. The van der Waals surface area contributed by atoms with Crippen molar-refractivity contribution >= 4 is 29.0 Å². The lowest BCUT2D eigenvalue weighted by molar-refractivity contribution is -0.130. The van der Waals surface area contributed by atoms with E-state index in [1.807, 2.05) is 16.7 Å². The minimum atomic E-state index is -0.0412. The van der Waals surface area contributed by atoms with Crippen molar-refractivity contribution in [1.82, 2.24) is 10.2 Å². The van der Waals surface area contributed by atoms with Crippen molar-refractivity contribution in [3.63, 3.8) is 0 Å². The summed E-state index contributed by atoms with van der Waals surface area (Å²) in [5, 5.41) is 7.73. The van der Waals surface area contributed by atoms with E-state index in [1.165, 1.54) is 17.7 Å². The third-order valence-electron chi connectivity index (χ3n) is 3.72. The van der Waals surface area contributed by atoms with Gasteiger partial charge in [0.2, 0.25) is 5.91 Å². The Balaban J connectivity index is 2.05. The summed E-state index contributed by atoms with van der Waals surface area (Å²) in [6.45, 7) is 5.07. The standard InChI is InChI=1S/C15H24N2OS2/c1-11(2)13-15(18)17(7-4-5-8-19-3)14(16-13)12-6-9-20-10-12/h6,9-11,13-14,16H,4-5,7-8H2,1-3H3. The minimum absolute atomic E-state index is 0.0412. The van der Waals surface area contributed by atoms with Gasteiger partial charge in [-0.3, -0.25) is 10.1 Å². The van der Waals surface area contributed by atoms with Gasteiger partial charge in [-0.1, -0.05) is 13.8 Å². The number of unbranched alkanes of at least 4 members (excludes halogenated alkanes) is 1. The Kier molecular flexibility index (Phi) is 5.93. The van der Waals surface area contributed by atoms with E-state index < -0.39 is 0 Å². The van der Waals surface area contributed by atoms with Crippen LogP contribution in [0.15, 0.2) is 16.8 Å². The molecule has 1 N–H and O–H groups in total. The highest BCUT2D eigenvalue weighted by Crippen LogP contribution is 2.29. The predicted molar refractivity (Wildman–Crippen MR) is 88.2 cm³/mol. The summed E-state index contributed by atoms with van der Waals surface area (Å²) < 4.78 is 0. The molecular formula is C15H24N2OS2. The van der Waals surface area contributed by atoms with Crippen LogP contribution in [0, 0.1) is 5.92 Å². The fourth-order valence-corrected chi connectivity index (χ4v) is 3.76. The second-order valence-corrected chi connectivity index (χ2v) is 7.34. The van der Waals surface area contributed by atoms with Crippen molar-refractivity contribution in [2.75, 3.05) is 18.6 Å². The average Bonchev–Trinajstić information content (AvgIpc) is 3.03. The number of hydrogen-bond acceptors (Lipinski definition) is 4. The van der Waals surface area contributed by atoms with Crippen LogP contribution in [0.25, 0.3) is 0 Å². The molecule has 0 radical (unpaired) electrons. The zero-order valence-corrected chi connectivity index (χ0v) is 14.1. The number of nitrogens with one attached hydrogen (secondary N) is 1. The van der Waals surface area contributed by atoms with Crippen LogP contribution in [0.5, 0.6) is 0 Å². The maximum absolute atomic E-state index is 12.6. The molecule has 0 bridgehead atoms. The molecule has 2 rings (SSSR count). The maximum atomic E-state index is 12.6. The summed E-state index contributed by atoms with van der Waals surface area (Å²) in [4.78, 5) is 14.6. The van der Waals surface area contributed by atoms with Gasteiger partial charge in [0.25, 0.3) is 0 Å². The van der Waals surface area contributed by atoms with Crippen molar-refractivity contribution in [3.8, 4) is 0 Å². The monoisotopic (exact) mass is 312 g/mol. The summed E-state index contributed by atoms with van der Waals surface area (Å²) in [7, 11) is 0. The number of nitrogens with zero attached hydrogens (tertiary/aromatic N) is 1. The summed E-state index contributed by atoms with van der Waals surface area (Å²) in [5.41, 5.74) is 1.22. The van der Waals surface area contributed by atoms with Crippen molar-refractivity contribution < 1.29 is 4.79 Å². The first-order valence-corrected chi connectivity index (χ1v) is 9.56. The Morgan fingerprint density at radius 2 is 2.25 bits per heavy atom. The highest BCUT2D eigenvalue weighted by atomic mass is 32.2. The third-order valence-corrected chi connectivity index (χ3v) is 5.12. The number of carbonyl (C=O) groups excluding carboxylic acids is 1. The summed E-state index contributed by atoms with van der Waals surface area (Å²) in [6, 6.07) is 2.08. The average molecular weight is 313 g/mol. The van der Waals surface area contributed by atoms with Crippen LogP contribution < -0.4 is 5.32 Å². The zero-order valence-electron chi connectivity index (χ0n) is 12.5. The molecule has 2 atom stereocenters. The van der Waals surface area contributed by atoms with E-state index in [4.69, 9.17) is 0 Å². The lowest BCUT2D eigenvalue weighted by atomic mass is 10.1. The molecule has 1 aromatic rings. The molecule has 1 fully saturated rings. The molecule has 0 spiro atoms. The molecule has 1 aromatic heterocycles. The molecule has 1 saturated heterocycles. The first-order valence-electron chi connectivity index (χ1n) is 7.22. The van der Waals surface area contributed by atoms with E-state index in [-0.39, 0.29) is 18.1 Å². The van der Waals surface area contributed by atoms with Crippen LogP contribution in [0.4, 0.5) is 0 Å². The molecule has 3 nitrogen and oxygen atoms in total. The molecule has 2 unspecified atom stereocenters. The summed E-state index contributed by atoms with van der Waals surface area (Å²) in [6.07, 6.45) is 4.45. The van der Waals surface area contributed by atoms with Gasteiger partial charge in [0.05, 0.1) is 6.04 Å². The number of thioether (sulfide) groups is 1. The minimum Gasteiger partial charge on any atom is -0.322 e. The van der Waals surface area contributed by atoms with Gasteiger partial charge in [0.15, 0.2) is 0 Å². The SMILES string of the molecule is CSCCCCN1C(=O)C(C(C)C)NC1c1ccsc1. The molecule has 2 heterocycles. The van der Waals surface area contributed by atoms with E-state index in [0.29, 0.717) is 5.92 Å². The van der Waals surface area contributed by atoms with Crippen LogP contribution in [-0.4, -0.2) is 35.4 Å². The lowest BCUT2D eigenvalue weighted by Crippen LogP contribution is -2.35. The van der Waals surface area contributed by atoms with Gasteiger partial charge in [-0.2, -0.15) is 23.1 Å². The number of hydrogen-bond donors (Lipinski definition) is 1. The topological polar surface area (TPSA) is 32.3 Å². The Morgan fingerprint density at radius 1 is 1.45 bits per heavy atom. The summed E-state index contributed by atoms with van der Waals surface area (Å²) >= 11 is 3.56. The Bertz CT molecular complexity index is 420. The van der Waals surface area contributed by atoms with Crippen molar-refractivity contribution in [2.45, 2.75) is 38.9 Å². The molecule has 112 valence electrons. The van der Waals surface area contributed by atoms with Gasteiger partial charge in [-0.15, -0.1) is 0 Å². The molecule has 0 aromatic carbocycles. The largest absolute Gasteiger partial charge is 0.322 e. The van der Waals surface area contributed by atoms with Gasteiger partial charge in [0.1, 0.15) is 6.17 Å². The third kappa shape index (κ3) is 3.57. The van der Waals surface area contributed by atoms with Crippen molar-refractivity contribution in [2.24, 2.45) is 5.92 Å². The van der Waals surface area contributed by atoms with E-state index in [1.54, 1.807) is 11.3 Å². The van der Waals surface area contributed by atoms with Crippen molar-refractivity contribution in [1.29, 1.82) is 0 Å². The van der Waals surface area contributed by atoms with Crippen LogP contribution in [-0.2, 0) is 4.79 Å². The van der Waals surface area contributed by atoms with Gasteiger partial charge >= 0.3 is 0 Å². The van der Waals surface area contributed by atoms with E-state index in [9.17, 15) is 4.79 Å². The second-order valence-electron chi connectivity index (χ2n) is 5.58. The number of carbonyl (C=O) groups is 1. The van der Waals surface area contributed by atoms with Gasteiger partial charge in [-0.25, -0.2) is 0 Å². The Hall–Kier alpha value is -0.520.